The number of rotatable bonds is 6. The zero-order valence-electron chi connectivity index (χ0n) is 13.2. The van der Waals surface area contributed by atoms with E-state index in [1.807, 2.05) is 36.4 Å². The van der Waals surface area contributed by atoms with E-state index in [-0.39, 0.29) is 11.2 Å². The highest BCUT2D eigenvalue weighted by Crippen LogP contribution is 2.41. The Labute approximate surface area is 128 Å². The summed E-state index contributed by atoms with van der Waals surface area (Å²) in [5, 5.41) is 0. The minimum atomic E-state index is -0.0526. The van der Waals surface area contributed by atoms with Crippen LogP contribution >= 0.6 is 0 Å². The fourth-order valence-electron chi connectivity index (χ4n) is 3.19. The van der Waals surface area contributed by atoms with E-state index in [1.165, 1.54) is 5.56 Å². The lowest BCUT2D eigenvalue weighted by Gasteiger charge is -2.34. The molecule has 0 unspecified atom stereocenters. The Balaban J connectivity index is 2.18. The SMILES string of the molecule is CC[C@@H](c1ccccc1)C(C)(C)CC(=O)c1ccccc1. The summed E-state index contributed by atoms with van der Waals surface area (Å²) in [6.07, 6.45) is 1.61. The molecule has 0 bridgehead atoms. The highest BCUT2D eigenvalue weighted by Gasteiger charge is 2.31. The summed E-state index contributed by atoms with van der Waals surface area (Å²) in [6.45, 7) is 6.61. The van der Waals surface area contributed by atoms with Gasteiger partial charge in [-0.2, -0.15) is 0 Å². The second-order valence-electron chi connectivity index (χ2n) is 6.33. The standard InChI is InChI=1S/C20H24O/c1-4-18(16-11-7-5-8-12-16)20(2,3)15-19(21)17-13-9-6-10-14-17/h5-14,18H,4,15H2,1-3H3/t18-/m0/s1. The van der Waals surface area contributed by atoms with E-state index in [0.717, 1.165) is 12.0 Å². The van der Waals surface area contributed by atoms with E-state index in [1.54, 1.807) is 0 Å². The summed E-state index contributed by atoms with van der Waals surface area (Å²) >= 11 is 0. The predicted octanol–water partition coefficient (Wildman–Crippen LogP) is 5.48. The third-order valence-electron chi connectivity index (χ3n) is 4.27. The molecule has 2 aromatic rings. The smallest absolute Gasteiger partial charge is 0.163 e. The molecule has 0 radical (unpaired) electrons. The second-order valence-corrected chi connectivity index (χ2v) is 6.33. The first-order valence-electron chi connectivity index (χ1n) is 7.68. The van der Waals surface area contributed by atoms with Gasteiger partial charge in [0.15, 0.2) is 5.78 Å². The van der Waals surface area contributed by atoms with Gasteiger partial charge in [0.2, 0.25) is 0 Å². The molecule has 1 atom stereocenters. The zero-order chi connectivity index (χ0) is 15.3. The lowest BCUT2D eigenvalue weighted by atomic mass is 9.70. The molecule has 0 aliphatic heterocycles. The van der Waals surface area contributed by atoms with Crippen LogP contribution in [0.25, 0.3) is 0 Å². The first-order valence-corrected chi connectivity index (χ1v) is 7.68. The van der Waals surface area contributed by atoms with Gasteiger partial charge in [-0.05, 0) is 23.3 Å². The second kappa shape index (κ2) is 6.71. The molecule has 0 saturated carbocycles. The van der Waals surface area contributed by atoms with E-state index < -0.39 is 0 Å². The molecular formula is C20H24O. The van der Waals surface area contributed by atoms with Crippen molar-refractivity contribution < 1.29 is 4.79 Å². The zero-order valence-corrected chi connectivity index (χ0v) is 13.2. The third kappa shape index (κ3) is 3.81. The minimum Gasteiger partial charge on any atom is -0.294 e. The molecule has 0 aliphatic carbocycles. The van der Waals surface area contributed by atoms with E-state index in [4.69, 9.17) is 0 Å². The topological polar surface area (TPSA) is 17.1 Å². The Hall–Kier alpha value is -1.89. The van der Waals surface area contributed by atoms with Crippen LogP contribution in [-0.4, -0.2) is 5.78 Å². The van der Waals surface area contributed by atoms with Crippen molar-refractivity contribution in [2.45, 2.75) is 39.5 Å². The first-order chi connectivity index (χ1) is 10.0. The van der Waals surface area contributed by atoms with Crippen molar-refractivity contribution in [3.8, 4) is 0 Å². The number of ketones is 1. The molecule has 2 aromatic carbocycles. The molecule has 0 spiro atoms. The maximum atomic E-state index is 12.5. The van der Waals surface area contributed by atoms with Gasteiger partial charge in [-0.25, -0.2) is 0 Å². The van der Waals surface area contributed by atoms with Gasteiger partial charge in [-0.1, -0.05) is 81.4 Å². The Morgan fingerprint density at radius 1 is 0.952 bits per heavy atom. The average molecular weight is 280 g/mol. The van der Waals surface area contributed by atoms with Crippen LogP contribution in [0, 0.1) is 5.41 Å². The van der Waals surface area contributed by atoms with Crippen molar-refractivity contribution in [1.29, 1.82) is 0 Å². The molecule has 0 heterocycles. The van der Waals surface area contributed by atoms with Crippen molar-refractivity contribution in [2.24, 2.45) is 5.41 Å². The van der Waals surface area contributed by atoms with Crippen LogP contribution in [0.5, 0.6) is 0 Å². The van der Waals surface area contributed by atoms with Gasteiger partial charge in [0.1, 0.15) is 0 Å². The van der Waals surface area contributed by atoms with E-state index in [2.05, 4.69) is 45.0 Å². The Morgan fingerprint density at radius 3 is 2.00 bits per heavy atom. The summed E-state index contributed by atoms with van der Waals surface area (Å²) < 4.78 is 0. The number of Topliss-reactive ketones (excluding diaryl/α,β-unsaturated/α-hetero) is 1. The molecule has 21 heavy (non-hydrogen) atoms. The van der Waals surface area contributed by atoms with Crippen LogP contribution in [-0.2, 0) is 0 Å². The van der Waals surface area contributed by atoms with Gasteiger partial charge in [0, 0.05) is 12.0 Å². The highest BCUT2D eigenvalue weighted by atomic mass is 16.1. The Morgan fingerprint density at radius 2 is 1.48 bits per heavy atom. The van der Waals surface area contributed by atoms with Gasteiger partial charge in [-0.3, -0.25) is 4.79 Å². The molecule has 0 amide bonds. The van der Waals surface area contributed by atoms with Crippen molar-refractivity contribution in [3.05, 3.63) is 71.8 Å². The van der Waals surface area contributed by atoms with Gasteiger partial charge < -0.3 is 0 Å². The van der Waals surface area contributed by atoms with Gasteiger partial charge in [-0.15, -0.1) is 0 Å². The fraction of sp³-hybridized carbons (Fsp3) is 0.350. The van der Waals surface area contributed by atoms with Crippen LogP contribution in [0.1, 0.15) is 55.5 Å². The quantitative estimate of drug-likeness (QED) is 0.640. The molecule has 2 rings (SSSR count). The molecule has 0 saturated heterocycles. The largest absolute Gasteiger partial charge is 0.294 e. The average Bonchev–Trinajstić information content (AvgIpc) is 2.49. The first kappa shape index (κ1) is 15.5. The predicted molar refractivity (Wildman–Crippen MR) is 88.6 cm³/mol. The van der Waals surface area contributed by atoms with Crippen molar-refractivity contribution in [1.82, 2.24) is 0 Å². The van der Waals surface area contributed by atoms with Gasteiger partial charge >= 0.3 is 0 Å². The number of benzene rings is 2. The summed E-state index contributed by atoms with van der Waals surface area (Å²) in [6, 6.07) is 20.1. The van der Waals surface area contributed by atoms with Crippen LogP contribution in [0.15, 0.2) is 60.7 Å². The summed E-state index contributed by atoms with van der Waals surface area (Å²) in [5.74, 6) is 0.626. The third-order valence-corrected chi connectivity index (χ3v) is 4.27. The molecule has 110 valence electrons. The normalized spacial score (nSPS) is 12.9. The maximum Gasteiger partial charge on any atom is 0.163 e. The molecule has 0 aliphatic rings. The summed E-state index contributed by atoms with van der Waals surface area (Å²) in [5.41, 5.74) is 2.09. The van der Waals surface area contributed by atoms with Crippen LogP contribution in [0.4, 0.5) is 0 Å². The van der Waals surface area contributed by atoms with E-state index >= 15 is 0 Å². The van der Waals surface area contributed by atoms with Crippen molar-refractivity contribution in [2.75, 3.05) is 0 Å². The monoisotopic (exact) mass is 280 g/mol. The van der Waals surface area contributed by atoms with Gasteiger partial charge in [0.05, 0.1) is 0 Å². The number of carbonyl (C=O) groups excluding carboxylic acids is 1. The molecule has 1 heteroatoms. The highest BCUT2D eigenvalue weighted by molar-refractivity contribution is 5.96. The summed E-state index contributed by atoms with van der Waals surface area (Å²) in [4.78, 5) is 12.5. The van der Waals surface area contributed by atoms with Crippen LogP contribution < -0.4 is 0 Å². The molecule has 0 N–H and O–H groups in total. The molecule has 0 aromatic heterocycles. The maximum absolute atomic E-state index is 12.5. The van der Waals surface area contributed by atoms with Crippen molar-refractivity contribution in [3.63, 3.8) is 0 Å². The van der Waals surface area contributed by atoms with E-state index in [0.29, 0.717) is 12.3 Å². The minimum absolute atomic E-state index is 0.0526. The lowest BCUT2D eigenvalue weighted by molar-refractivity contribution is 0.0910. The molecule has 0 fully saturated rings. The van der Waals surface area contributed by atoms with E-state index in [9.17, 15) is 4.79 Å². The molecule has 1 nitrogen and oxygen atoms in total. The van der Waals surface area contributed by atoms with Crippen LogP contribution in [0.2, 0.25) is 0 Å². The lowest BCUT2D eigenvalue weighted by Crippen LogP contribution is -2.25. The van der Waals surface area contributed by atoms with Crippen LogP contribution in [0.3, 0.4) is 0 Å². The Kier molecular flexibility index (Phi) is 4.95. The molecular weight excluding hydrogens is 256 g/mol. The fourth-order valence-corrected chi connectivity index (χ4v) is 3.19. The van der Waals surface area contributed by atoms with Crippen molar-refractivity contribution >= 4 is 5.78 Å². The number of carbonyl (C=O) groups is 1. The van der Waals surface area contributed by atoms with Gasteiger partial charge in [0.25, 0.3) is 0 Å². The summed E-state index contributed by atoms with van der Waals surface area (Å²) in [7, 11) is 0. The number of hydrogen-bond acceptors (Lipinski definition) is 1. The number of hydrogen-bond donors (Lipinski definition) is 0. The Bertz CT molecular complexity index is 569.